The number of aryl methyl sites for hydroxylation is 4. The number of hydrogen-bond donors (Lipinski definition) is 0. The van der Waals surface area contributed by atoms with E-state index in [-0.39, 0.29) is 5.41 Å². The Morgan fingerprint density at radius 2 is 1.50 bits per heavy atom. The second kappa shape index (κ2) is 6.37. The van der Waals surface area contributed by atoms with Gasteiger partial charge in [-0.2, -0.15) is 0 Å². The van der Waals surface area contributed by atoms with Crippen LogP contribution in [0.3, 0.4) is 0 Å². The summed E-state index contributed by atoms with van der Waals surface area (Å²) in [6, 6.07) is 11.0. The van der Waals surface area contributed by atoms with E-state index in [0.717, 1.165) is 28.4 Å². The third-order valence-corrected chi connectivity index (χ3v) is 5.44. The standard InChI is InChI=1S/C25H28N2O/c1-15-8-9-22-20(10-15)27(21-14-26-13-18(4)24(21)28-22)23-16(2)11-19(12-17(23)3)25(5,6)7/h8-14H,1-7H3. The summed E-state index contributed by atoms with van der Waals surface area (Å²) in [6.45, 7) is 15.3. The van der Waals surface area contributed by atoms with E-state index >= 15 is 0 Å². The van der Waals surface area contributed by atoms with Crippen molar-refractivity contribution in [3.8, 4) is 11.5 Å². The fourth-order valence-electron chi connectivity index (χ4n) is 3.94. The minimum atomic E-state index is 0.115. The number of nitrogens with zero attached hydrogens (tertiary/aromatic N) is 2. The van der Waals surface area contributed by atoms with Gasteiger partial charge in [0.2, 0.25) is 0 Å². The van der Waals surface area contributed by atoms with Crippen LogP contribution in [0.15, 0.2) is 42.7 Å². The maximum Gasteiger partial charge on any atom is 0.157 e. The average Bonchev–Trinajstić information content (AvgIpc) is 2.60. The van der Waals surface area contributed by atoms with Crippen molar-refractivity contribution in [2.75, 3.05) is 4.90 Å². The lowest BCUT2D eigenvalue weighted by Gasteiger charge is -2.36. The Labute approximate surface area is 168 Å². The van der Waals surface area contributed by atoms with Crippen LogP contribution >= 0.6 is 0 Å². The van der Waals surface area contributed by atoms with Gasteiger partial charge in [-0.05, 0) is 67.5 Å². The van der Waals surface area contributed by atoms with Crippen LogP contribution in [0.4, 0.5) is 17.1 Å². The molecule has 0 spiro atoms. The summed E-state index contributed by atoms with van der Waals surface area (Å²) in [6.07, 6.45) is 3.77. The predicted octanol–water partition coefficient (Wildman–Crippen LogP) is 7.19. The molecule has 0 unspecified atom stereocenters. The van der Waals surface area contributed by atoms with Gasteiger partial charge in [0, 0.05) is 11.8 Å². The highest BCUT2D eigenvalue weighted by molar-refractivity contribution is 5.89. The zero-order valence-corrected chi connectivity index (χ0v) is 17.8. The van der Waals surface area contributed by atoms with Gasteiger partial charge >= 0.3 is 0 Å². The molecule has 3 nitrogen and oxygen atoms in total. The van der Waals surface area contributed by atoms with Crippen molar-refractivity contribution in [3.05, 3.63) is 70.5 Å². The van der Waals surface area contributed by atoms with Crippen LogP contribution < -0.4 is 9.64 Å². The summed E-state index contributed by atoms with van der Waals surface area (Å²) in [5, 5.41) is 0. The summed E-state index contributed by atoms with van der Waals surface area (Å²) < 4.78 is 6.29. The van der Waals surface area contributed by atoms with Crippen LogP contribution in [-0.4, -0.2) is 4.98 Å². The highest BCUT2D eigenvalue weighted by atomic mass is 16.5. The van der Waals surface area contributed by atoms with Crippen molar-refractivity contribution in [1.82, 2.24) is 4.98 Å². The molecule has 2 aromatic carbocycles. The molecule has 3 aromatic rings. The van der Waals surface area contributed by atoms with Gasteiger partial charge in [-0.25, -0.2) is 0 Å². The van der Waals surface area contributed by atoms with Crippen LogP contribution in [-0.2, 0) is 5.41 Å². The van der Waals surface area contributed by atoms with E-state index in [0.29, 0.717) is 0 Å². The minimum Gasteiger partial charge on any atom is -0.453 e. The molecule has 0 aliphatic carbocycles. The van der Waals surface area contributed by atoms with Gasteiger partial charge in [0.05, 0.1) is 17.6 Å². The monoisotopic (exact) mass is 372 g/mol. The number of hydrogen-bond acceptors (Lipinski definition) is 3. The van der Waals surface area contributed by atoms with Crippen molar-refractivity contribution in [2.24, 2.45) is 0 Å². The molecule has 0 N–H and O–H groups in total. The Morgan fingerprint density at radius 1 is 0.821 bits per heavy atom. The second-order valence-corrected chi connectivity index (χ2v) is 8.92. The lowest BCUT2D eigenvalue weighted by atomic mass is 9.84. The predicted molar refractivity (Wildman–Crippen MR) is 117 cm³/mol. The number of fused-ring (bicyclic) bond motifs is 2. The van der Waals surface area contributed by atoms with E-state index in [1.165, 1.54) is 27.9 Å². The largest absolute Gasteiger partial charge is 0.453 e. The number of aromatic nitrogens is 1. The Balaban J connectivity index is 2.01. The average molecular weight is 373 g/mol. The number of benzene rings is 2. The van der Waals surface area contributed by atoms with Gasteiger partial charge in [-0.15, -0.1) is 0 Å². The maximum atomic E-state index is 6.29. The SMILES string of the molecule is Cc1ccc2c(c1)N(c1c(C)cc(C(C)(C)C)cc1C)c1cncc(C)c1O2. The second-order valence-electron chi connectivity index (χ2n) is 8.92. The lowest BCUT2D eigenvalue weighted by molar-refractivity contribution is 0.472. The maximum absolute atomic E-state index is 6.29. The van der Waals surface area contributed by atoms with E-state index in [9.17, 15) is 0 Å². The van der Waals surface area contributed by atoms with E-state index < -0.39 is 0 Å². The molecule has 1 aliphatic heterocycles. The van der Waals surface area contributed by atoms with Gasteiger partial charge < -0.3 is 9.64 Å². The summed E-state index contributed by atoms with van der Waals surface area (Å²) in [5.41, 5.74) is 9.49. The third kappa shape index (κ3) is 2.95. The Bertz CT molecular complexity index is 1050. The molecule has 2 heterocycles. The molecule has 0 saturated heterocycles. The van der Waals surface area contributed by atoms with Crippen LogP contribution in [0.1, 0.15) is 48.6 Å². The van der Waals surface area contributed by atoms with E-state index in [4.69, 9.17) is 4.74 Å². The van der Waals surface area contributed by atoms with Crippen molar-refractivity contribution in [2.45, 2.75) is 53.9 Å². The first-order valence-electron chi connectivity index (χ1n) is 9.82. The molecular weight excluding hydrogens is 344 g/mol. The number of rotatable bonds is 1. The van der Waals surface area contributed by atoms with E-state index in [2.05, 4.69) is 81.8 Å². The highest BCUT2D eigenvalue weighted by Gasteiger charge is 2.30. The molecule has 0 saturated carbocycles. The molecule has 144 valence electrons. The van der Waals surface area contributed by atoms with Crippen molar-refractivity contribution < 1.29 is 4.74 Å². The quantitative estimate of drug-likeness (QED) is 0.353. The molecule has 0 fully saturated rings. The summed E-state index contributed by atoms with van der Waals surface area (Å²) in [7, 11) is 0. The summed E-state index contributed by atoms with van der Waals surface area (Å²) >= 11 is 0. The fourth-order valence-corrected chi connectivity index (χ4v) is 3.94. The first-order chi connectivity index (χ1) is 13.2. The first-order valence-corrected chi connectivity index (χ1v) is 9.82. The number of pyridine rings is 1. The zero-order valence-electron chi connectivity index (χ0n) is 17.8. The Morgan fingerprint density at radius 3 is 2.14 bits per heavy atom. The highest BCUT2D eigenvalue weighted by Crippen LogP contribution is 2.52. The molecule has 3 heteroatoms. The first kappa shape index (κ1) is 18.5. The van der Waals surface area contributed by atoms with Crippen LogP contribution in [0, 0.1) is 27.7 Å². The van der Waals surface area contributed by atoms with E-state index in [1.54, 1.807) is 0 Å². The van der Waals surface area contributed by atoms with Crippen molar-refractivity contribution in [1.29, 1.82) is 0 Å². The van der Waals surface area contributed by atoms with Crippen molar-refractivity contribution in [3.63, 3.8) is 0 Å². The normalized spacial score (nSPS) is 13.0. The molecule has 0 radical (unpaired) electrons. The van der Waals surface area contributed by atoms with Crippen LogP contribution in [0.5, 0.6) is 11.5 Å². The Hall–Kier alpha value is -2.81. The summed E-state index contributed by atoms with van der Waals surface area (Å²) in [4.78, 5) is 6.78. The van der Waals surface area contributed by atoms with Crippen LogP contribution in [0.2, 0.25) is 0 Å². The van der Waals surface area contributed by atoms with Gasteiger partial charge in [0.15, 0.2) is 11.5 Å². The Kier molecular flexibility index (Phi) is 4.22. The molecule has 1 aliphatic rings. The molecule has 1 aromatic heterocycles. The fraction of sp³-hybridized carbons (Fsp3) is 0.320. The van der Waals surface area contributed by atoms with Gasteiger partial charge in [0.1, 0.15) is 5.69 Å². The molecule has 4 rings (SSSR count). The van der Waals surface area contributed by atoms with E-state index in [1.807, 2.05) is 19.3 Å². The van der Waals surface area contributed by atoms with Gasteiger partial charge in [0.25, 0.3) is 0 Å². The molecule has 0 atom stereocenters. The minimum absolute atomic E-state index is 0.115. The summed E-state index contributed by atoms with van der Waals surface area (Å²) in [5.74, 6) is 1.76. The van der Waals surface area contributed by atoms with Gasteiger partial charge in [-0.3, -0.25) is 4.98 Å². The molecule has 28 heavy (non-hydrogen) atoms. The molecule has 0 amide bonds. The number of anilines is 3. The van der Waals surface area contributed by atoms with Crippen LogP contribution in [0.25, 0.3) is 0 Å². The van der Waals surface area contributed by atoms with Crippen molar-refractivity contribution >= 4 is 17.1 Å². The van der Waals surface area contributed by atoms with Gasteiger partial charge in [-0.1, -0.05) is 39.0 Å². The number of ether oxygens (including phenoxy) is 1. The smallest absolute Gasteiger partial charge is 0.157 e. The third-order valence-electron chi connectivity index (χ3n) is 5.44. The molecule has 0 bridgehead atoms. The molecular formula is C25H28N2O. The lowest BCUT2D eigenvalue weighted by Crippen LogP contribution is -2.20. The zero-order chi connectivity index (χ0) is 20.2. The topological polar surface area (TPSA) is 25.4 Å².